The lowest BCUT2D eigenvalue weighted by atomic mass is 10.3. The molecule has 0 radical (unpaired) electrons. The van der Waals surface area contributed by atoms with E-state index in [1.54, 1.807) is 0 Å². The summed E-state index contributed by atoms with van der Waals surface area (Å²) in [5.41, 5.74) is 1.07. The number of benzene rings is 1. The lowest BCUT2D eigenvalue weighted by Crippen LogP contribution is -1.88. The minimum atomic E-state index is 0.728. The molecule has 0 aliphatic rings. The van der Waals surface area contributed by atoms with E-state index < -0.39 is 0 Å². The molecule has 13 heavy (non-hydrogen) atoms. The SMILES string of the molecule is Clc1cc(-n2cccc2)ccc1Br. The zero-order chi connectivity index (χ0) is 9.26. The first-order chi connectivity index (χ1) is 6.27. The first-order valence-corrected chi connectivity index (χ1v) is 5.03. The summed E-state index contributed by atoms with van der Waals surface area (Å²) in [5.74, 6) is 0. The van der Waals surface area contributed by atoms with Gasteiger partial charge in [-0.1, -0.05) is 11.6 Å². The van der Waals surface area contributed by atoms with E-state index in [-0.39, 0.29) is 0 Å². The van der Waals surface area contributed by atoms with Gasteiger partial charge in [-0.25, -0.2) is 0 Å². The second-order valence-corrected chi connectivity index (χ2v) is 3.95. The van der Waals surface area contributed by atoms with Crippen LogP contribution < -0.4 is 0 Å². The lowest BCUT2D eigenvalue weighted by Gasteiger charge is -2.03. The maximum Gasteiger partial charge on any atom is 0.0568 e. The van der Waals surface area contributed by atoms with Gasteiger partial charge in [-0.3, -0.25) is 0 Å². The fourth-order valence-corrected chi connectivity index (χ4v) is 1.57. The van der Waals surface area contributed by atoms with Gasteiger partial charge in [0.15, 0.2) is 0 Å². The topological polar surface area (TPSA) is 4.93 Å². The Kier molecular flexibility index (Phi) is 2.42. The molecular weight excluding hydrogens is 249 g/mol. The molecule has 0 N–H and O–H groups in total. The van der Waals surface area contributed by atoms with Gasteiger partial charge in [-0.05, 0) is 46.3 Å². The van der Waals surface area contributed by atoms with Crippen LogP contribution in [0.4, 0.5) is 0 Å². The van der Waals surface area contributed by atoms with Gasteiger partial charge in [0.2, 0.25) is 0 Å². The molecule has 0 spiro atoms. The highest BCUT2D eigenvalue weighted by Gasteiger charge is 1.99. The summed E-state index contributed by atoms with van der Waals surface area (Å²) in [5, 5.41) is 0.728. The quantitative estimate of drug-likeness (QED) is 0.729. The van der Waals surface area contributed by atoms with Gasteiger partial charge in [0.25, 0.3) is 0 Å². The molecule has 1 nitrogen and oxygen atoms in total. The van der Waals surface area contributed by atoms with Crippen LogP contribution in [0.1, 0.15) is 0 Å². The molecule has 3 heteroatoms. The summed E-state index contributed by atoms with van der Waals surface area (Å²) < 4.78 is 2.93. The monoisotopic (exact) mass is 255 g/mol. The van der Waals surface area contributed by atoms with Crippen molar-refractivity contribution < 1.29 is 0 Å². The van der Waals surface area contributed by atoms with Crippen LogP contribution in [0.25, 0.3) is 5.69 Å². The van der Waals surface area contributed by atoms with Crippen molar-refractivity contribution in [3.05, 3.63) is 52.2 Å². The van der Waals surface area contributed by atoms with Crippen molar-refractivity contribution in [1.29, 1.82) is 0 Å². The highest BCUT2D eigenvalue weighted by atomic mass is 79.9. The molecule has 0 atom stereocenters. The summed E-state index contributed by atoms with van der Waals surface area (Å²) in [6, 6.07) is 9.84. The Hall–Kier alpha value is -0.730. The average Bonchev–Trinajstić information content (AvgIpc) is 2.62. The Morgan fingerprint density at radius 2 is 1.85 bits per heavy atom. The first kappa shape index (κ1) is 8.85. The molecule has 0 bridgehead atoms. The van der Waals surface area contributed by atoms with Gasteiger partial charge in [0.05, 0.1) is 5.02 Å². The van der Waals surface area contributed by atoms with Crippen molar-refractivity contribution in [1.82, 2.24) is 4.57 Å². The normalized spacial score (nSPS) is 10.3. The molecule has 2 aromatic rings. The number of hydrogen-bond donors (Lipinski definition) is 0. The van der Waals surface area contributed by atoms with Crippen LogP contribution >= 0.6 is 27.5 Å². The van der Waals surface area contributed by atoms with Gasteiger partial charge in [-0.15, -0.1) is 0 Å². The average molecular weight is 257 g/mol. The van der Waals surface area contributed by atoms with E-state index in [1.165, 1.54) is 0 Å². The zero-order valence-electron chi connectivity index (χ0n) is 6.74. The van der Waals surface area contributed by atoms with Crippen LogP contribution in [0, 0.1) is 0 Å². The molecule has 66 valence electrons. The van der Waals surface area contributed by atoms with Crippen LogP contribution in [0.2, 0.25) is 5.02 Å². The summed E-state index contributed by atoms with van der Waals surface area (Å²) in [4.78, 5) is 0. The third-order valence-electron chi connectivity index (χ3n) is 1.81. The number of rotatable bonds is 1. The zero-order valence-corrected chi connectivity index (χ0v) is 9.09. The van der Waals surface area contributed by atoms with Crippen LogP contribution in [0.15, 0.2) is 47.2 Å². The van der Waals surface area contributed by atoms with Crippen LogP contribution in [-0.2, 0) is 0 Å². The Bertz CT molecular complexity index is 409. The van der Waals surface area contributed by atoms with Crippen molar-refractivity contribution in [3.63, 3.8) is 0 Å². The van der Waals surface area contributed by atoms with E-state index >= 15 is 0 Å². The molecule has 0 saturated heterocycles. The van der Waals surface area contributed by atoms with E-state index in [2.05, 4.69) is 15.9 Å². The van der Waals surface area contributed by atoms with Crippen LogP contribution in [0.5, 0.6) is 0 Å². The van der Waals surface area contributed by atoms with Crippen molar-refractivity contribution in [2.45, 2.75) is 0 Å². The molecule has 1 aromatic carbocycles. The van der Waals surface area contributed by atoms with Gasteiger partial charge in [-0.2, -0.15) is 0 Å². The van der Waals surface area contributed by atoms with Crippen molar-refractivity contribution in [2.75, 3.05) is 0 Å². The van der Waals surface area contributed by atoms with Crippen LogP contribution in [-0.4, -0.2) is 4.57 Å². The first-order valence-electron chi connectivity index (χ1n) is 3.86. The fourth-order valence-electron chi connectivity index (χ4n) is 1.15. The molecule has 1 aromatic heterocycles. The highest BCUT2D eigenvalue weighted by molar-refractivity contribution is 9.10. The molecule has 0 saturated carbocycles. The minimum Gasteiger partial charge on any atom is -0.324 e. The maximum atomic E-state index is 5.97. The smallest absolute Gasteiger partial charge is 0.0568 e. The van der Waals surface area contributed by atoms with E-state index in [4.69, 9.17) is 11.6 Å². The molecular formula is C10H7BrClN. The molecule has 1 heterocycles. The summed E-state index contributed by atoms with van der Waals surface area (Å²) in [6.07, 6.45) is 3.97. The van der Waals surface area contributed by atoms with Gasteiger partial charge < -0.3 is 4.57 Å². The van der Waals surface area contributed by atoms with Crippen molar-refractivity contribution >= 4 is 27.5 Å². The maximum absolute atomic E-state index is 5.97. The largest absolute Gasteiger partial charge is 0.324 e. The Labute approximate surface area is 90.1 Å². The molecule has 0 aliphatic heterocycles. The Morgan fingerprint density at radius 3 is 2.46 bits per heavy atom. The molecule has 0 aliphatic carbocycles. The number of hydrogen-bond acceptors (Lipinski definition) is 0. The third kappa shape index (κ3) is 1.79. The van der Waals surface area contributed by atoms with Crippen LogP contribution in [0.3, 0.4) is 0 Å². The van der Waals surface area contributed by atoms with E-state index in [1.807, 2.05) is 47.3 Å². The summed E-state index contributed by atoms with van der Waals surface area (Å²) in [7, 11) is 0. The van der Waals surface area contributed by atoms with Gasteiger partial charge in [0.1, 0.15) is 0 Å². The van der Waals surface area contributed by atoms with E-state index in [9.17, 15) is 0 Å². The summed E-state index contributed by atoms with van der Waals surface area (Å²) in [6.45, 7) is 0. The van der Waals surface area contributed by atoms with Crippen molar-refractivity contribution in [3.8, 4) is 5.69 Å². The summed E-state index contributed by atoms with van der Waals surface area (Å²) >= 11 is 9.32. The number of aromatic nitrogens is 1. The highest BCUT2D eigenvalue weighted by Crippen LogP contribution is 2.24. The molecule has 2 rings (SSSR count). The molecule has 0 fully saturated rings. The standard InChI is InChI=1S/C10H7BrClN/c11-9-4-3-8(7-10(9)12)13-5-1-2-6-13/h1-7H. The Balaban J connectivity index is 2.49. The number of nitrogens with zero attached hydrogens (tertiary/aromatic N) is 1. The van der Waals surface area contributed by atoms with Gasteiger partial charge in [0, 0.05) is 22.6 Å². The second-order valence-electron chi connectivity index (χ2n) is 2.69. The Morgan fingerprint density at radius 1 is 1.15 bits per heavy atom. The van der Waals surface area contributed by atoms with Gasteiger partial charge >= 0.3 is 0 Å². The minimum absolute atomic E-state index is 0.728. The van der Waals surface area contributed by atoms with E-state index in [0.717, 1.165) is 15.2 Å². The van der Waals surface area contributed by atoms with E-state index in [0.29, 0.717) is 0 Å². The third-order valence-corrected chi connectivity index (χ3v) is 3.04. The predicted octanol–water partition coefficient (Wildman–Crippen LogP) is 3.89. The van der Waals surface area contributed by atoms with Crippen molar-refractivity contribution in [2.24, 2.45) is 0 Å². The lowest BCUT2D eigenvalue weighted by molar-refractivity contribution is 1.08. The molecule has 0 amide bonds. The predicted molar refractivity (Wildman–Crippen MR) is 58.5 cm³/mol. The number of halogens is 2. The second kappa shape index (κ2) is 3.56. The molecule has 0 unspecified atom stereocenters. The fraction of sp³-hybridized carbons (Fsp3) is 0.